The van der Waals surface area contributed by atoms with Crippen LogP contribution in [0.5, 0.6) is 0 Å². The monoisotopic (exact) mass is 1070 g/mol. The molecule has 0 aliphatic carbocycles. The first-order valence-electron chi connectivity index (χ1n) is 30.9. The first kappa shape index (κ1) is 70.9. The fraction of sp³-hybridized carbons (Fsp3) is 0.754. The van der Waals surface area contributed by atoms with Crippen molar-refractivity contribution in [3.8, 4) is 0 Å². The van der Waals surface area contributed by atoms with Crippen molar-refractivity contribution in [3.63, 3.8) is 0 Å². The van der Waals surface area contributed by atoms with Gasteiger partial charge in [0.2, 0.25) is 5.91 Å². The third-order valence-corrected chi connectivity index (χ3v) is 13.9. The quantitative estimate of drug-likeness (QED) is 0.0195. The van der Waals surface area contributed by atoms with Crippen LogP contribution < -0.4 is 5.32 Å². The van der Waals surface area contributed by atoms with Crippen LogP contribution in [0.1, 0.15) is 251 Å². The minimum absolute atomic E-state index is 0.0214. The fourth-order valence-corrected chi connectivity index (χ4v) is 8.99. The Kier molecular flexibility index (Phi) is 50.2. The molecule has 7 unspecified atom stereocenters. The van der Waals surface area contributed by atoms with E-state index >= 15 is 0 Å². The summed E-state index contributed by atoms with van der Waals surface area (Å²) >= 11 is 0. The zero-order valence-electron chi connectivity index (χ0n) is 48.2. The maximum absolute atomic E-state index is 13.0. The van der Waals surface area contributed by atoms with Crippen molar-refractivity contribution < 1.29 is 49.3 Å². The number of nitrogens with one attached hydrogen (secondary N) is 1. The molecule has 0 saturated carbocycles. The fourth-order valence-electron chi connectivity index (χ4n) is 8.99. The molecule has 0 aromatic heterocycles. The molecule has 1 heterocycles. The van der Waals surface area contributed by atoms with Gasteiger partial charge in [0.1, 0.15) is 24.4 Å². The lowest BCUT2D eigenvalue weighted by Crippen LogP contribution is -2.60. The molecule has 1 aliphatic heterocycles. The number of unbranched alkanes of at least 4 members (excludes halogenated alkanes) is 26. The van der Waals surface area contributed by atoms with E-state index in [1.807, 2.05) is 6.08 Å². The smallest absolute Gasteiger partial charge is 0.305 e. The normalized spacial score (nSPS) is 19.3. The van der Waals surface area contributed by atoms with Crippen molar-refractivity contribution in [1.29, 1.82) is 0 Å². The average molecular weight is 1070 g/mol. The third kappa shape index (κ3) is 42.8. The zero-order valence-corrected chi connectivity index (χ0v) is 48.2. The average Bonchev–Trinajstić information content (AvgIpc) is 3.42. The maximum atomic E-state index is 13.0. The van der Waals surface area contributed by atoms with Gasteiger partial charge in [0.25, 0.3) is 0 Å². The zero-order chi connectivity index (χ0) is 55.2. The molecule has 0 bridgehead atoms. The molecule has 0 radical (unpaired) electrons. The molecule has 438 valence electrons. The van der Waals surface area contributed by atoms with E-state index in [2.05, 4.69) is 92.1 Å². The molecule has 11 heteroatoms. The number of rotatable bonds is 52. The van der Waals surface area contributed by atoms with Gasteiger partial charge in [-0.2, -0.15) is 0 Å². The number of aliphatic hydroxyl groups is 5. The van der Waals surface area contributed by atoms with Crippen molar-refractivity contribution in [2.75, 3.05) is 19.8 Å². The Morgan fingerprint density at radius 3 is 1.42 bits per heavy atom. The van der Waals surface area contributed by atoms with Gasteiger partial charge in [-0.15, -0.1) is 0 Å². The molecule has 1 rings (SSSR count). The van der Waals surface area contributed by atoms with Gasteiger partial charge in [0.15, 0.2) is 6.29 Å². The molecular formula is C65H113NO10. The van der Waals surface area contributed by atoms with Crippen LogP contribution in [-0.4, -0.2) is 100 Å². The van der Waals surface area contributed by atoms with Crippen LogP contribution in [0.2, 0.25) is 0 Å². The molecule has 1 saturated heterocycles. The van der Waals surface area contributed by atoms with E-state index in [0.29, 0.717) is 25.9 Å². The van der Waals surface area contributed by atoms with Crippen molar-refractivity contribution in [2.45, 2.75) is 294 Å². The van der Waals surface area contributed by atoms with Crippen LogP contribution in [0.25, 0.3) is 0 Å². The van der Waals surface area contributed by atoms with Crippen LogP contribution in [0, 0.1) is 0 Å². The topological polar surface area (TPSA) is 175 Å². The number of hydrogen-bond donors (Lipinski definition) is 6. The largest absolute Gasteiger partial charge is 0.466 e. The predicted octanol–water partition coefficient (Wildman–Crippen LogP) is 14.6. The van der Waals surface area contributed by atoms with Crippen molar-refractivity contribution in [3.05, 3.63) is 85.1 Å². The highest BCUT2D eigenvalue weighted by molar-refractivity contribution is 5.76. The van der Waals surface area contributed by atoms with Crippen LogP contribution in [0.3, 0.4) is 0 Å². The Bertz CT molecular complexity index is 1540. The van der Waals surface area contributed by atoms with Gasteiger partial charge in [-0.3, -0.25) is 9.59 Å². The molecule has 0 aromatic carbocycles. The standard InChI is InChI=1S/C65H113NO10/c1-3-5-7-9-11-13-15-16-29-33-37-41-45-49-53-61(70)74-54-50-46-42-38-34-30-27-25-23-21-19-17-18-20-22-24-26-28-32-36-40-44-48-52-60(69)66-57(56-75-65-64(73)63(72)62(71)59(55-67)76-65)58(68)51-47-43-39-35-31-14-12-10-8-6-4-2/h8-11,15-17,19-20,22,31,35,47,51,57-59,62-65,67-68,71-73H,3-7,12-14,18,21,23-30,32-34,36-46,48-50,52-56H2,1-2H3,(H,66,69)/b10-8+,11-9-,16-15-,19-17-,22-20-,35-31+,51-47+. The second kappa shape index (κ2) is 53.8. The maximum Gasteiger partial charge on any atom is 0.305 e. The number of aliphatic hydroxyl groups excluding tert-OH is 5. The Labute approximate surface area is 463 Å². The third-order valence-electron chi connectivity index (χ3n) is 13.9. The SMILES string of the molecule is CCC/C=C/CC/C=C/CC/C=C/C(O)C(COC1OC(CO)C(O)C(O)C1O)NC(=O)CCCCCCCCC/C=C\C/C=C\CCCCCCCCCCCOC(=O)CCCCCCC/C=C\C/C=C\CCCC. The number of hydrogen-bond acceptors (Lipinski definition) is 10. The lowest BCUT2D eigenvalue weighted by Gasteiger charge is -2.40. The molecule has 0 aromatic rings. The Morgan fingerprint density at radius 1 is 0.487 bits per heavy atom. The van der Waals surface area contributed by atoms with E-state index in [0.717, 1.165) is 116 Å². The number of ether oxygens (including phenoxy) is 3. The highest BCUT2D eigenvalue weighted by Gasteiger charge is 2.44. The van der Waals surface area contributed by atoms with Gasteiger partial charge in [-0.05, 0) is 109 Å². The summed E-state index contributed by atoms with van der Waals surface area (Å²) in [5.74, 6) is -0.232. The van der Waals surface area contributed by atoms with E-state index in [1.165, 1.54) is 103 Å². The van der Waals surface area contributed by atoms with Crippen molar-refractivity contribution in [1.82, 2.24) is 5.32 Å². The Balaban J connectivity index is 2.06. The lowest BCUT2D eigenvalue weighted by molar-refractivity contribution is -0.302. The molecule has 76 heavy (non-hydrogen) atoms. The Morgan fingerprint density at radius 2 is 0.921 bits per heavy atom. The summed E-state index contributed by atoms with van der Waals surface area (Å²) in [5.41, 5.74) is 0. The molecule has 6 N–H and O–H groups in total. The molecular weight excluding hydrogens is 955 g/mol. The van der Waals surface area contributed by atoms with Crippen molar-refractivity contribution in [2.24, 2.45) is 0 Å². The summed E-state index contributed by atoms with van der Waals surface area (Å²) < 4.78 is 16.7. The van der Waals surface area contributed by atoms with Crippen LogP contribution in [0.15, 0.2) is 85.1 Å². The minimum atomic E-state index is -1.59. The van der Waals surface area contributed by atoms with Gasteiger partial charge in [0.05, 0.1) is 32.0 Å². The first-order valence-corrected chi connectivity index (χ1v) is 30.9. The molecule has 0 spiro atoms. The summed E-state index contributed by atoms with van der Waals surface area (Å²) in [6.45, 7) is 4.17. The predicted molar refractivity (Wildman–Crippen MR) is 315 cm³/mol. The second-order valence-corrected chi connectivity index (χ2v) is 21.0. The molecule has 1 aliphatic rings. The number of carbonyl (C=O) groups excluding carboxylic acids is 2. The second-order valence-electron chi connectivity index (χ2n) is 21.0. The summed E-state index contributed by atoms with van der Waals surface area (Å²) in [7, 11) is 0. The lowest BCUT2D eigenvalue weighted by atomic mass is 9.99. The highest BCUT2D eigenvalue weighted by Crippen LogP contribution is 2.23. The molecule has 7 atom stereocenters. The van der Waals surface area contributed by atoms with E-state index in [1.54, 1.807) is 6.08 Å². The van der Waals surface area contributed by atoms with E-state index in [-0.39, 0.29) is 18.5 Å². The Hall–Kier alpha value is -3.16. The number of allylic oxidation sites excluding steroid dienone is 13. The van der Waals surface area contributed by atoms with Gasteiger partial charge < -0.3 is 45.1 Å². The first-order chi connectivity index (χ1) is 37.2. The highest BCUT2D eigenvalue weighted by atomic mass is 16.7. The van der Waals surface area contributed by atoms with Crippen molar-refractivity contribution >= 4 is 11.9 Å². The van der Waals surface area contributed by atoms with Crippen LogP contribution in [-0.2, 0) is 23.8 Å². The number of amides is 1. The summed E-state index contributed by atoms with van der Waals surface area (Å²) in [5, 5.41) is 54.2. The van der Waals surface area contributed by atoms with Crippen LogP contribution in [0.4, 0.5) is 0 Å². The van der Waals surface area contributed by atoms with Gasteiger partial charge in [-0.25, -0.2) is 0 Å². The van der Waals surface area contributed by atoms with Crippen LogP contribution >= 0.6 is 0 Å². The number of esters is 1. The molecule has 1 fully saturated rings. The van der Waals surface area contributed by atoms with E-state index < -0.39 is 49.5 Å². The minimum Gasteiger partial charge on any atom is -0.466 e. The van der Waals surface area contributed by atoms with E-state index in [4.69, 9.17) is 14.2 Å². The summed E-state index contributed by atoms with van der Waals surface area (Å²) in [6, 6.07) is -0.844. The van der Waals surface area contributed by atoms with E-state index in [9.17, 15) is 35.1 Å². The van der Waals surface area contributed by atoms with Gasteiger partial charge in [-0.1, -0.05) is 214 Å². The summed E-state index contributed by atoms with van der Waals surface area (Å²) in [4.78, 5) is 25.1. The van der Waals surface area contributed by atoms with Gasteiger partial charge in [0, 0.05) is 12.8 Å². The van der Waals surface area contributed by atoms with Gasteiger partial charge >= 0.3 is 5.97 Å². The molecule has 11 nitrogen and oxygen atoms in total. The molecule has 1 amide bonds. The summed E-state index contributed by atoms with van der Waals surface area (Å²) in [6.07, 6.45) is 62.6. The number of carbonyl (C=O) groups is 2.